The number of ether oxygens (including phenoxy) is 2. The van der Waals surface area contributed by atoms with E-state index in [1.807, 2.05) is 4.90 Å². The molecule has 0 spiro atoms. The number of hydrogen-bond donors (Lipinski definition) is 0. The normalized spacial score (nSPS) is 26.1. The highest BCUT2D eigenvalue weighted by molar-refractivity contribution is 6.18. The van der Waals surface area contributed by atoms with E-state index >= 15 is 0 Å². The van der Waals surface area contributed by atoms with Gasteiger partial charge in [0.15, 0.2) is 6.10 Å². The van der Waals surface area contributed by atoms with Crippen molar-refractivity contribution in [3.8, 4) is 0 Å². The van der Waals surface area contributed by atoms with Crippen molar-refractivity contribution in [2.24, 2.45) is 0 Å². The maximum Gasteiger partial charge on any atom is 0.254 e. The molecule has 1 saturated carbocycles. The Kier molecular flexibility index (Phi) is 5.07. The SMILES string of the molecule is O=C(C1COCCO1)N(CCCl)C1CCCC1. The first-order valence-electron chi connectivity index (χ1n) is 6.38. The topological polar surface area (TPSA) is 38.8 Å². The van der Waals surface area contributed by atoms with E-state index in [1.165, 1.54) is 12.8 Å². The smallest absolute Gasteiger partial charge is 0.254 e. The molecule has 1 atom stereocenters. The van der Waals surface area contributed by atoms with Gasteiger partial charge in [0.1, 0.15) is 0 Å². The summed E-state index contributed by atoms with van der Waals surface area (Å²) in [4.78, 5) is 14.2. The number of nitrogens with zero attached hydrogens (tertiary/aromatic N) is 1. The standard InChI is InChI=1S/C12H20ClNO3/c13-5-6-14(10-3-1-2-4-10)12(15)11-9-16-7-8-17-11/h10-11H,1-9H2. The minimum atomic E-state index is -0.424. The van der Waals surface area contributed by atoms with Gasteiger partial charge in [-0.15, -0.1) is 11.6 Å². The molecular formula is C12H20ClNO3. The zero-order valence-electron chi connectivity index (χ0n) is 10.1. The molecule has 1 aliphatic heterocycles. The molecule has 1 saturated heterocycles. The zero-order valence-corrected chi connectivity index (χ0v) is 10.8. The summed E-state index contributed by atoms with van der Waals surface area (Å²) in [5.74, 6) is 0.535. The van der Waals surface area contributed by atoms with Gasteiger partial charge < -0.3 is 14.4 Å². The summed E-state index contributed by atoms with van der Waals surface area (Å²) in [7, 11) is 0. The minimum absolute atomic E-state index is 0.0530. The lowest BCUT2D eigenvalue weighted by Gasteiger charge is -2.33. The summed E-state index contributed by atoms with van der Waals surface area (Å²) in [5.41, 5.74) is 0. The van der Waals surface area contributed by atoms with Gasteiger partial charge in [0.05, 0.1) is 19.8 Å². The number of carbonyl (C=O) groups excluding carboxylic acids is 1. The van der Waals surface area contributed by atoms with Gasteiger partial charge in [0.2, 0.25) is 0 Å². The van der Waals surface area contributed by atoms with Crippen LogP contribution in [0.15, 0.2) is 0 Å². The van der Waals surface area contributed by atoms with Gasteiger partial charge in [-0.25, -0.2) is 0 Å². The molecule has 1 unspecified atom stereocenters. The van der Waals surface area contributed by atoms with Crippen LogP contribution in [0.1, 0.15) is 25.7 Å². The second kappa shape index (κ2) is 6.57. The van der Waals surface area contributed by atoms with Crippen molar-refractivity contribution in [1.82, 2.24) is 4.90 Å². The fourth-order valence-electron chi connectivity index (χ4n) is 2.60. The van der Waals surface area contributed by atoms with Crippen LogP contribution in [0, 0.1) is 0 Å². The summed E-state index contributed by atoms with van der Waals surface area (Å²) in [6.45, 7) is 2.09. The fraction of sp³-hybridized carbons (Fsp3) is 0.917. The second-order valence-electron chi connectivity index (χ2n) is 4.59. The highest BCUT2D eigenvalue weighted by Crippen LogP contribution is 2.24. The summed E-state index contributed by atoms with van der Waals surface area (Å²) in [5, 5.41) is 0. The van der Waals surface area contributed by atoms with Crippen LogP contribution in [0.25, 0.3) is 0 Å². The van der Waals surface area contributed by atoms with Crippen LogP contribution in [0.4, 0.5) is 0 Å². The summed E-state index contributed by atoms with van der Waals surface area (Å²) in [6, 6.07) is 0.353. The first-order chi connectivity index (χ1) is 8.33. The van der Waals surface area contributed by atoms with Crippen molar-refractivity contribution in [2.75, 3.05) is 32.2 Å². The third-order valence-electron chi connectivity index (χ3n) is 3.47. The molecule has 2 fully saturated rings. The lowest BCUT2D eigenvalue weighted by atomic mass is 10.2. The zero-order chi connectivity index (χ0) is 12.1. The van der Waals surface area contributed by atoms with Gasteiger partial charge in [-0.2, -0.15) is 0 Å². The van der Waals surface area contributed by atoms with Gasteiger partial charge in [-0.1, -0.05) is 12.8 Å². The molecule has 17 heavy (non-hydrogen) atoms. The molecule has 0 aromatic carbocycles. The minimum Gasteiger partial charge on any atom is -0.376 e. The van der Waals surface area contributed by atoms with Crippen molar-refractivity contribution >= 4 is 17.5 Å². The van der Waals surface area contributed by atoms with E-state index in [0.29, 0.717) is 38.3 Å². The van der Waals surface area contributed by atoms with Crippen molar-refractivity contribution in [3.05, 3.63) is 0 Å². The van der Waals surface area contributed by atoms with E-state index < -0.39 is 6.10 Å². The number of halogens is 1. The Morgan fingerprint density at radius 1 is 1.29 bits per heavy atom. The number of amides is 1. The molecule has 0 aromatic heterocycles. The Bertz CT molecular complexity index is 250. The Morgan fingerprint density at radius 3 is 2.65 bits per heavy atom. The molecule has 0 N–H and O–H groups in total. The van der Waals surface area contributed by atoms with Gasteiger partial charge in [-0.3, -0.25) is 4.79 Å². The molecular weight excluding hydrogens is 242 g/mol. The molecule has 2 rings (SSSR count). The van der Waals surface area contributed by atoms with Crippen molar-refractivity contribution in [1.29, 1.82) is 0 Å². The predicted octanol–water partition coefficient (Wildman–Crippen LogP) is 1.41. The Morgan fingerprint density at radius 2 is 2.06 bits per heavy atom. The van der Waals surface area contributed by atoms with E-state index in [4.69, 9.17) is 21.1 Å². The third kappa shape index (κ3) is 3.33. The first-order valence-corrected chi connectivity index (χ1v) is 6.92. The van der Waals surface area contributed by atoms with E-state index in [0.717, 1.165) is 12.8 Å². The van der Waals surface area contributed by atoms with Gasteiger partial charge >= 0.3 is 0 Å². The largest absolute Gasteiger partial charge is 0.376 e. The van der Waals surface area contributed by atoms with Crippen molar-refractivity contribution in [2.45, 2.75) is 37.8 Å². The van der Waals surface area contributed by atoms with Crippen molar-refractivity contribution < 1.29 is 14.3 Å². The molecule has 1 amide bonds. The molecule has 1 aliphatic carbocycles. The van der Waals surface area contributed by atoms with Crippen molar-refractivity contribution in [3.63, 3.8) is 0 Å². The van der Waals surface area contributed by atoms with Crippen LogP contribution in [0.2, 0.25) is 0 Å². The van der Waals surface area contributed by atoms with Crippen LogP contribution in [-0.2, 0) is 14.3 Å². The number of alkyl halides is 1. The van der Waals surface area contributed by atoms with Gasteiger partial charge in [0.25, 0.3) is 5.91 Å². The summed E-state index contributed by atoms with van der Waals surface area (Å²) < 4.78 is 10.8. The Labute approximate surface area is 107 Å². The van der Waals surface area contributed by atoms with Crippen LogP contribution in [0.3, 0.4) is 0 Å². The van der Waals surface area contributed by atoms with Crippen LogP contribution in [0.5, 0.6) is 0 Å². The summed E-state index contributed by atoms with van der Waals surface area (Å²) >= 11 is 5.79. The molecule has 5 heteroatoms. The molecule has 4 nitrogen and oxygen atoms in total. The average molecular weight is 262 g/mol. The van der Waals surface area contributed by atoms with Crippen LogP contribution in [-0.4, -0.2) is 55.2 Å². The number of hydrogen-bond acceptors (Lipinski definition) is 3. The van der Waals surface area contributed by atoms with Gasteiger partial charge in [-0.05, 0) is 12.8 Å². The molecule has 2 aliphatic rings. The molecule has 98 valence electrons. The van der Waals surface area contributed by atoms with Crippen LogP contribution >= 0.6 is 11.6 Å². The highest BCUT2D eigenvalue weighted by Gasteiger charge is 2.32. The fourth-order valence-corrected chi connectivity index (χ4v) is 2.78. The predicted molar refractivity (Wildman–Crippen MR) is 65.2 cm³/mol. The monoisotopic (exact) mass is 261 g/mol. The van der Waals surface area contributed by atoms with E-state index in [1.54, 1.807) is 0 Å². The van der Waals surface area contributed by atoms with E-state index in [-0.39, 0.29) is 5.91 Å². The summed E-state index contributed by atoms with van der Waals surface area (Å²) in [6.07, 6.45) is 4.18. The lowest BCUT2D eigenvalue weighted by Crippen LogP contribution is -2.49. The quantitative estimate of drug-likeness (QED) is 0.719. The maximum atomic E-state index is 12.3. The Balaban J connectivity index is 1.95. The van der Waals surface area contributed by atoms with Crippen LogP contribution < -0.4 is 0 Å². The van der Waals surface area contributed by atoms with E-state index in [2.05, 4.69) is 0 Å². The maximum absolute atomic E-state index is 12.3. The molecule has 0 bridgehead atoms. The molecule has 0 radical (unpaired) electrons. The molecule has 1 heterocycles. The lowest BCUT2D eigenvalue weighted by molar-refractivity contribution is -0.159. The average Bonchev–Trinajstić information content (AvgIpc) is 2.90. The highest BCUT2D eigenvalue weighted by atomic mass is 35.5. The molecule has 0 aromatic rings. The number of carbonyl (C=O) groups is 1. The van der Waals surface area contributed by atoms with Gasteiger partial charge in [0, 0.05) is 18.5 Å². The third-order valence-corrected chi connectivity index (χ3v) is 3.63. The number of rotatable bonds is 4. The first kappa shape index (κ1) is 13.1. The Hall–Kier alpha value is -0.320. The second-order valence-corrected chi connectivity index (χ2v) is 4.97. The van der Waals surface area contributed by atoms with E-state index in [9.17, 15) is 4.79 Å².